The Morgan fingerprint density at radius 2 is 1.75 bits per heavy atom. The summed E-state index contributed by atoms with van der Waals surface area (Å²) in [6, 6.07) is 8.36. The molecule has 0 aromatic heterocycles. The molecule has 2 aromatic carbocycles. The molecule has 0 spiro atoms. The molecule has 0 radical (unpaired) electrons. The van der Waals surface area contributed by atoms with Crippen molar-refractivity contribution in [1.29, 1.82) is 0 Å². The van der Waals surface area contributed by atoms with Gasteiger partial charge in [-0.1, -0.05) is 30.3 Å². The van der Waals surface area contributed by atoms with Crippen LogP contribution in [-0.4, -0.2) is 31.9 Å². The van der Waals surface area contributed by atoms with Crippen LogP contribution in [0.1, 0.15) is 27.0 Å². The van der Waals surface area contributed by atoms with Crippen molar-refractivity contribution in [3.8, 4) is 0 Å². The first-order valence-corrected chi connectivity index (χ1v) is 9.38. The number of sulfonamides is 1. The molecule has 0 bridgehead atoms. The summed E-state index contributed by atoms with van der Waals surface area (Å²) < 4.78 is 63.9. The highest BCUT2D eigenvalue weighted by atomic mass is 32.2. The number of hydrazone groups is 1. The van der Waals surface area contributed by atoms with Gasteiger partial charge in [0.2, 0.25) is 0 Å². The monoisotopic (exact) mass is 410 g/mol. The number of halogens is 3. The first-order valence-electron chi connectivity index (χ1n) is 7.94. The second-order valence-corrected chi connectivity index (χ2v) is 7.79. The van der Waals surface area contributed by atoms with Crippen LogP contribution in [0, 0.1) is 6.92 Å². The number of carbonyl (C=O) groups is 1. The van der Waals surface area contributed by atoms with Gasteiger partial charge in [-0.25, -0.2) is 0 Å². The van der Waals surface area contributed by atoms with Gasteiger partial charge in [0.05, 0.1) is 11.8 Å². The molecule has 2 aromatic rings. The number of rotatable bonds is 6. The van der Waals surface area contributed by atoms with Crippen LogP contribution in [0.2, 0.25) is 0 Å². The van der Waals surface area contributed by atoms with E-state index >= 15 is 0 Å². The van der Waals surface area contributed by atoms with Crippen molar-refractivity contribution in [2.75, 3.05) is 7.05 Å². The minimum absolute atomic E-state index is 0.0356. The lowest BCUT2D eigenvalue weighted by atomic mass is 10.1. The molecule has 0 heterocycles. The molecule has 0 aliphatic rings. The van der Waals surface area contributed by atoms with Crippen LogP contribution in [0.4, 0.5) is 13.2 Å². The van der Waals surface area contributed by atoms with E-state index in [1.54, 1.807) is 13.0 Å². The van der Waals surface area contributed by atoms with Gasteiger partial charge in [-0.15, -0.1) is 0 Å². The van der Waals surface area contributed by atoms with Crippen molar-refractivity contribution < 1.29 is 26.4 Å². The molecule has 0 atom stereocenters. The summed E-state index contributed by atoms with van der Waals surface area (Å²) in [5.41, 5.74) is 0.117. The standard InChI is InChI=1S/C19H17F3N2O3S/c1-4-17(25)16-11-13(2)5-10-18(16)28(26,27)24(3)23-12-14-6-8-15(9-7-14)19(20,21)22/h4-12H,1H2,2-3H3/b23-12+. The van der Waals surface area contributed by atoms with E-state index < -0.39 is 27.5 Å². The van der Waals surface area contributed by atoms with Crippen LogP contribution in [-0.2, 0) is 16.2 Å². The number of hydrogen-bond acceptors (Lipinski definition) is 4. The smallest absolute Gasteiger partial charge is 0.289 e. The molecule has 0 amide bonds. The lowest BCUT2D eigenvalue weighted by molar-refractivity contribution is -0.137. The molecular formula is C19H17F3N2O3S. The predicted molar refractivity (Wildman–Crippen MR) is 99.7 cm³/mol. The summed E-state index contributed by atoms with van der Waals surface area (Å²) >= 11 is 0. The van der Waals surface area contributed by atoms with Crippen LogP contribution in [0.25, 0.3) is 0 Å². The van der Waals surface area contributed by atoms with Crippen molar-refractivity contribution in [2.45, 2.75) is 18.0 Å². The van der Waals surface area contributed by atoms with Crippen LogP contribution in [0.3, 0.4) is 0 Å². The van der Waals surface area contributed by atoms with E-state index in [0.29, 0.717) is 9.98 Å². The molecule has 5 nitrogen and oxygen atoms in total. The minimum Gasteiger partial charge on any atom is -0.289 e. The first-order chi connectivity index (χ1) is 13.0. The van der Waals surface area contributed by atoms with E-state index in [0.717, 1.165) is 31.5 Å². The summed E-state index contributed by atoms with van der Waals surface area (Å²) in [7, 11) is -2.99. The Hall–Kier alpha value is -2.94. The van der Waals surface area contributed by atoms with E-state index in [-0.39, 0.29) is 16.0 Å². The van der Waals surface area contributed by atoms with Gasteiger partial charge in [0, 0.05) is 12.6 Å². The van der Waals surface area contributed by atoms with E-state index in [1.165, 1.54) is 24.3 Å². The van der Waals surface area contributed by atoms with Gasteiger partial charge in [-0.05, 0) is 42.8 Å². The highest BCUT2D eigenvalue weighted by molar-refractivity contribution is 7.89. The summed E-state index contributed by atoms with van der Waals surface area (Å²) in [6.07, 6.45) is -2.34. The quantitative estimate of drug-likeness (QED) is 0.312. The normalized spacial score (nSPS) is 12.2. The maximum atomic E-state index is 12.8. The number of aryl methyl sites for hydroxylation is 1. The molecule has 0 fully saturated rings. The van der Waals surface area contributed by atoms with Crippen molar-refractivity contribution in [2.24, 2.45) is 5.10 Å². The fraction of sp³-hybridized carbons (Fsp3) is 0.158. The SMILES string of the molecule is C=CC(=O)c1cc(C)ccc1S(=O)(=O)N(C)/N=C/c1ccc(C(F)(F)F)cc1. The molecule has 0 saturated heterocycles. The molecule has 28 heavy (non-hydrogen) atoms. The Kier molecular flexibility index (Phi) is 6.08. The van der Waals surface area contributed by atoms with Crippen LogP contribution >= 0.6 is 0 Å². The topological polar surface area (TPSA) is 66.8 Å². The minimum atomic E-state index is -4.46. The number of alkyl halides is 3. The van der Waals surface area contributed by atoms with Gasteiger partial charge < -0.3 is 0 Å². The molecule has 0 saturated carbocycles. The second-order valence-electron chi connectivity index (χ2n) is 5.87. The zero-order valence-corrected chi connectivity index (χ0v) is 15.9. The number of allylic oxidation sites excluding steroid dienone is 1. The van der Waals surface area contributed by atoms with Crippen molar-refractivity contribution in [1.82, 2.24) is 4.41 Å². The zero-order chi connectivity index (χ0) is 21.1. The number of ketones is 1. The zero-order valence-electron chi connectivity index (χ0n) is 15.1. The van der Waals surface area contributed by atoms with Gasteiger partial charge in [0.25, 0.3) is 10.0 Å². The van der Waals surface area contributed by atoms with Crippen molar-refractivity contribution in [3.63, 3.8) is 0 Å². The van der Waals surface area contributed by atoms with E-state index in [1.807, 2.05) is 0 Å². The second kappa shape index (κ2) is 7.97. The maximum absolute atomic E-state index is 12.8. The number of benzene rings is 2. The van der Waals surface area contributed by atoms with E-state index in [4.69, 9.17) is 0 Å². The number of nitrogens with zero attached hydrogens (tertiary/aromatic N) is 2. The van der Waals surface area contributed by atoms with Crippen molar-refractivity contribution in [3.05, 3.63) is 77.4 Å². The Morgan fingerprint density at radius 1 is 1.14 bits per heavy atom. The lowest BCUT2D eigenvalue weighted by Crippen LogP contribution is -2.24. The summed E-state index contributed by atoms with van der Waals surface area (Å²) in [5.74, 6) is -0.553. The lowest BCUT2D eigenvalue weighted by Gasteiger charge is -2.16. The fourth-order valence-corrected chi connectivity index (χ4v) is 3.42. The Labute approximate surface area is 160 Å². The third-order valence-electron chi connectivity index (χ3n) is 3.82. The Bertz CT molecular complexity index is 1030. The molecule has 0 aliphatic carbocycles. The third-order valence-corrected chi connectivity index (χ3v) is 5.52. The van der Waals surface area contributed by atoms with Gasteiger partial charge in [0.1, 0.15) is 4.90 Å². The summed E-state index contributed by atoms with van der Waals surface area (Å²) in [6.45, 7) is 5.08. The fourth-order valence-electron chi connectivity index (χ4n) is 2.28. The summed E-state index contributed by atoms with van der Waals surface area (Å²) in [4.78, 5) is 11.8. The van der Waals surface area contributed by atoms with Gasteiger partial charge in [0.15, 0.2) is 5.78 Å². The van der Waals surface area contributed by atoms with Gasteiger partial charge >= 0.3 is 6.18 Å². The molecule has 0 N–H and O–H groups in total. The van der Waals surface area contributed by atoms with Gasteiger partial charge in [-0.2, -0.15) is 31.1 Å². The average Bonchev–Trinajstić information content (AvgIpc) is 2.64. The van der Waals surface area contributed by atoms with Crippen LogP contribution < -0.4 is 0 Å². The molecular weight excluding hydrogens is 393 g/mol. The largest absolute Gasteiger partial charge is 0.416 e. The van der Waals surface area contributed by atoms with E-state index in [2.05, 4.69) is 11.7 Å². The molecule has 9 heteroatoms. The molecule has 148 valence electrons. The van der Waals surface area contributed by atoms with Gasteiger partial charge in [-0.3, -0.25) is 4.79 Å². The summed E-state index contributed by atoms with van der Waals surface area (Å²) in [5, 5.41) is 3.78. The molecule has 0 unspecified atom stereocenters. The van der Waals surface area contributed by atoms with Crippen LogP contribution in [0.5, 0.6) is 0 Å². The third kappa shape index (κ3) is 4.66. The van der Waals surface area contributed by atoms with Crippen molar-refractivity contribution >= 4 is 22.0 Å². The Balaban J connectivity index is 2.33. The Morgan fingerprint density at radius 3 is 2.29 bits per heavy atom. The molecule has 2 rings (SSSR count). The molecule has 0 aliphatic heterocycles. The van der Waals surface area contributed by atoms with E-state index in [9.17, 15) is 26.4 Å². The number of carbonyl (C=O) groups excluding carboxylic acids is 1. The highest BCUT2D eigenvalue weighted by Gasteiger charge is 2.30. The first kappa shape index (κ1) is 21.4. The maximum Gasteiger partial charge on any atom is 0.416 e. The van der Waals surface area contributed by atoms with Crippen LogP contribution in [0.15, 0.2) is 65.1 Å². The number of hydrogen-bond donors (Lipinski definition) is 0. The predicted octanol–water partition coefficient (Wildman–Crippen LogP) is 4.04. The average molecular weight is 410 g/mol. The highest BCUT2D eigenvalue weighted by Crippen LogP contribution is 2.29.